The van der Waals surface area contributed by atoms with E-state index in [1.165, 1.54) is 0 Å². The van der Waals surface area contributed by atoms with Gasteiger partial charge in [0.05, 0.1) is 0 Å². The van der Waals surface area contributed by atoms with Gasteiger partial charge in [0.2, 0.25) is 5.95 Å². The van der Waals surface area contributed by atoms with Gasteiger partial charge in [0.1, 0.15) is 0 Å². The van der Waals surface area contributed by atoms with Crippen LogP contribution in [-0.4, -0.2) is 34.2 Å². The fraction of sp³-hybridized carbons (Fsp3) is 0.571. The Kier molecular flexibility index (Phi) is 4.04. The number of pyridine rings is 1. The van der Waals surface area contributed by atoms with E-state index in [2.05, 4.69) is 28.8 Å². The van der Waals surface area contributed by atoms with Gasteiger partial charge < -0.3 is 10.6 Å². The molecular formula is C14H23N5. The number of aromatic nitrogens is 3. The second-order valence-electron chi connectivity index (χ2n) is 5.49. The van der Waals surface area contributed by atoms with E-state index in [9.17, 15) is 0 Å². The Hall–Kier alpha value is -1.62. The summed E-state index contributed by atoms with van der Waals surface area (Å²) >= 11 is 0. The van der Waals surface area contributed by atoms with Crippen molar-refractivity contribution in [3.8, 4) is 0 Å². The molecule has 5 nitrogen and oxygen atoms in total. The second-order valence-corrected chi connectivity index (χ2v) is 5.49. The Morgan fingerprint density at radius 3 is 2.79 bits per heavy atom. The zero-order valence-corrected chi connectivity index (χ0v) is 12.2. The van der Waals surface area contributed by atoms with Gasteiger partial charge in [0.15, 0.2) is 5.65 Å². The molecular weight excluding hydrogens is 238 g/mol. The zero-order chi connectivity index (χ0) is 14.0. The highest BCUT2D eigenvalue weighted by Gasteiger charge is 2.13. The van der Waals surface area contributed by atoms with Crippen LogP contribution in [0.1, 0.15) is 25.8 Å². The summed E-state index contributed by atoms with van der Waals surface area (Å²) in [5.41, 5.74) is 8.12. The summed E-state index contributed by atoms with van der Waals surface area (Å²) < 4.78 is 1.82. The maximum absolute atomic E-state index is 6.07. The summed E-state index contributed by atoms with van der Waals surface area (Å²) in [5.74, 6) is 1.26. The molecule has 2 rings (SSSR count). The first-order valence-electron chi connectivity index (χ1n) is 6.77. The lowest BCUT2D eigenvalue weighted by Crippen LogP contribution is -2.32. The number of anilines is 1. The van der Waals surface area contributed by atoms with Gasteiger partial charge in [-0.15, -0.1) is 5.10 Å². The summed E-state index contributed by atoms with van der Waals surface area (Å²) in [6, 6.07) is 4.25. The minimum absolute atomic E-state index is 0.223. The number of hydrogen-bond donors (Lipinski definition) is 1. The van der Waals surface area contributed by atoms with Crippen molar-refractivity contribution in [3.05, 3.63) is 23.9 Å². The number of rotatable bonds is 5. The van der Waals surface area contributed by atoms with Crippen molar-refractivity contribution in [2.24, 2.45) is 11.7 Å². The Morgan fingerprint density at radius 2 is 2.16 bits per heavy atom. The van der Waals surface area contributed by atoms with Crippen molar-refractivity contribution in [3.63, 3.8) is 0 Å². The molecule has 0 saturated heterocycles. The maximum atomic E-state index is 6.07. The summed E-state index contributed by atoms with van der Waals surface area (Å²) in [4.78, 5) is 6.64. The average molecular weight is 261 g/mol. The first-order valence-corrected chi connectivity index (χ1v) is 6.77. The first-order chi connectivity index (χ1) is 8.99. The predicted molar refractivity (Wildman–Crippen MR) is 78.4 cm³/mol. The van der Waals surface area contributed by atoms with Crippen LogP contribution in [0.4, 0.5) is 5.95 Å². The lowest BCUT2D eigenvalue weighted by molar-refractivity contribution is 0.465. The average Bonchev–Trinajstić information content (AvgIpc) is 2.80. The van der Waals surface area contributed by atoms with Crippen LogP contribution in [0.15, 0.2) is 18.3 Å². The molecule has 1 unspecified atom stereocenters. The molecule has 104 valence electrons. The summed E-state index contributed by atoms with van der Waals surface area (Å²) in [5, 5.41) is 4.49. The summed E-state index contributed by atoms with van der Waals surface area (Å²) in [6.07, 6.45) is 2.87. The maximum Gasteiger partial charge on any atom is 0.245 e. The molecule has 0 saturated carbocycles. The predicted octanol–water partition coefficient (Wildman–Crippen LogP) is 1.85. The quantitative estimate of drug-likeness (QED) is 0.892. The molecule has 2 heterocycles. The highest BCUT2D eigenvalue weighted by Crippen LogP contribution is 2.13. The van der Waals surface area contributed by atoms with Crippen LogP contribution in [0.3, 0.4) is 0 Å². The van der Waals surface area contributed by atoms with Crippen LogP contribution in [-0.2, 0) is 0 Å². The van der Waals surface area contributed by atoms with Gasteiger partial charge in [-0.1, -0.05) is 19.9 Å². The lowest BCUT2D eigenvalue weighted by Gasteiger charge is -2.20. The molecule has 0 aliphatic heterocycles. The third kappa shape index (κ3) is 3.04. The molecule has 2 aromatic rings. The monoisotopic (exact) mass is 261 g/mol. The third-order valence-electron chi connectivity index (χ3n) is 3.54. The van der Waals surface area contributed by atoms with Gasteiger partial charge >= 0.3 is 0 Å². The van der Waals surface area contributed by atoms with Gasteiger partial charge in [-0.3, -0.25) is 0 Å². The van der Waals surface area contributed by atoms with Gasteiger partial charge in [-0.2, -0.15) is 4.98 Å². The van der Waals surface area contributed by atoms with E-state index in [1.54, 1.807) is 0 Å². The molecule has 0 aromatic carbocycles. The smallest absolute Gasteiger partial charge is 0.245 e. The van der Waals surface area contributed by atoms with Crippen LogP contribution < -0.4 is 10.6 Å². The molecule has 0 spiro atoms. The van der Waals surface area contributed by atoms with Gasteiger partial charge in [0.25, 0.3) is 0 Å². The standard InChI is InChI=1S/C14H23N5/c1-10(2)12(15)7-9-18(4)14-16-13-11(3)6-5-8-19(13)17-14/h5-6,8,10,12H,7,9,15H2,1-4H3. The van der Waals surface area contributed by atoms with E-state index in [0.717, 1.165) is 30.1 Å². The summed E-state index contributed by atoms with van der Waals surface area (Å²) in [7, 11) is 2.01. The fourth-order valence-corrected chi connectivity index (χ4v) is 1.97. The van der Waals surface area contributed by atoms with Crippen LogP contribution in [0.5, 0.6) is 0 Å². The SMILES string of the molecule is Cc1cccn2nc(N(C)CCC(N)C(C)C)nc12. The van der Waals surface area contributed by atoms with E-state index < -0.39 is 0 Å². The summed E-state index contributed by atoms with van der Waals surface area (Å²) in [6.45, 7) is 7.21. The molecule has 2 aromatic heterocycles. The Bertz CT molecular complexity index is 546. The number of aryl methyl sites for hydroxylation is 1. The van der Waals surface area contributed by atoms with Gasteiger partial charge in [0, 0.05) is 25.8 Å². The van der Waals surface area contributed by atoms with E-state index in [-0.39, 0.29) is 6.04 Å². The van der Waals surface area contributed by atoms with E-state index >= 15 is 0 Å². The highest BCUT2D eigenvalue weighted by atomic mass is 15.4. The van der Waals surface area contributed by atoms with Crippen LogP contribution in [0.2, 0.25) is 0 Å². The first kappa shape index (κ1) is 13.8. The van der Waals surface area contributed by atoms with E-state index in [1.807, 2.05) is 36.8 Å². The lowest BCUT2D eigenvalue weighted by atomic mass is 10.0. The molecule has 0 radical (unpaired) electrons. The molecule has 0 aliphatic carbocycles. The van der Waals surface area contributed by atoms with Gasteiger partial charge in [-0.05, 0) is 30.9 Å². The molecule has 19 heavy (non-hydrogen) atoms. The Labute approximate surface area is 114 Å². The topological polar surface area (TPSA) is 59.5 Å². The van der Waals surface area contributed by atoms with Crippen LogP contribution >= 0.6 is 0 Å². The normalized spacial score (nSPS) is 13.2. The minimum Gasteiger partial charge on any atom is -0.343 e. The number of nitrogens with two attached hydrogens (primary N) is 1. The number of hydrogen-bond acceptors (Lipinski definition) is 4. The number of nitrogens with zero attached hydrogens (tertiary/aromatic N) is 4. The Balaban J connectivity index is 2.09. The van der Waals surface area contributed by atoms with Gasteiger partial charge in [-0.25, -0.2) is 4.52 Å². The Morgan fingerprint density at radius 1 is 1.42 bits per heavy atom. The number of fused-ring (bicyclic) bond motifs is 1. The molecule has 0 aliphatic rings. The third-order valence-corrected chi connectivity index (χ3v) is 3.54. The minimum atomic E-state index is 0.223. The highest BCUT2D eigenvalue weighted by molar-refractivity contribution is 5.50. The van der Waals surface area contributed by atoms with Crippen molar-refractivity contribution >= 4 is 11.6 Å². The molecule has 0 bridgehead atoms. The van der Waals surface area contributed by atoms with Crippen molar-refractivity contribution in [2.75, 3.05) is 18.5 Å². The largest absolute Gasteiger partial charge is 0.343 e. The van der Waals surface area contributed by atoms with Crippen molar-refractivity contribution < 1.29 is 0 Å². The molecule has 0 amide bonds. The zero-order valence-electron chi connectivity index (χ0n) is 12.2. The van der Waals surface area contributed by atoms with Crippen molar-refractivity contribution in [1.82, 2.24) is 14.6 Å². The fourth-order valence-electron chi connectivity index (χ4n) is 1.97. The van der Waals surface area contributed by atoms with E-state index in [4.69, 9.17) is 5.73 Å². The molecule has 2 N–H and O–H groups in total. The van der Waals surface area contributed by atoms with Crippen LogP contribution in [0, 0.1) is 12.8 Å². The van der Waals surface area contributed by atoms with Crippen molar-refractivity contribution in [1.29, 1.82) is 0 Å². The molecule has 0 fully saturated rings. The van der Waals surface area contributed by atoms with E-state index in [0.29, 0.717) is 5.92 Å². The molecule has 5 heteroatoms. The van der Waals surface area contributed by atoms with Crippen LogP contribution in [0.25, 0.3) is 5.65 Å². The molecule has 1 atom stereocenters. The van der Waals surface area contributed by atoms with Crippen molar-refractivity contribution in [2.45, 2.75) is 33.2 Å². The second kappa shape index (κ2) is 5.57.